The number of allylic oxidation sites excluding steroid dienone is 1. The molecule has 2 aromatic rings. The van der Waals surface area contributed by atoms with E-state index in [1.54, 1.807) is 12.1 Å². The van der Waals surface area contributed by atoms with Crippen molar-refractivity contribution in [2.24, 2.45) is 0 Å². The van der Waals surface area contributed by atoms with Gasteiger partial charge in [0.15, 0.2) is 0 Å². The first-order valence-electron chi connectivity index (χ1n) is 11.4. The largest absolute Gasteiger partial charge is 0.360 e. The zero-order valence-electron chi connectivity index (χ0n) is 20.4. The molecule has 2 aliphatic rings. The van der Waals surface area contributed by atoms with Crippen LogP contribution in [-0.4, -0.2) is 40.1 Å². The summed E-state index contributed by atoms with van der Waals surface area (Å²) in [5.41, 5.74) is 4.02. The lowest BCUT2D eigenvalue weighted by Gasteiger charge is -2.46. The zero-order valence-corrected chi connectivity index (χ0v) is 21.2. The van der Waals surface area contributed by atoms with Crippen molar-refractivity contribution in [2.75, 3.05) is 16.8 Å². The minimum atomic E-state index is -0.649. The van der Waals surface area contributed by atoms with Gasteiger partial charge < -0.3 is 10.2 Å². The number of para-hydroxylation sites is 1. The summed E-state index contributed by atoms with van der Waals surface area (Å²) in [6, 6.07) is 12.0. The molecule has 2 aromatic carbocycles. The third-order valence-corrected chi connectivity index (χ3v) is 6.94. The van der Waals surface area contributed by atoms with Crippen LogP contribution in [0.2, 0.25) is 0 Å². The minimum Gasteiger partial charge on any atom is -0.360 e. The second kappa shape index (κ2) is 9.34. The van der Waals surface area contributed by atoms with E-state index in [9.17, 15) is 18.8 Å². The van der Waals surface area contributed by atoms with Crippen molar-refractivity contribution in [1.82, 2.24) is 4.90 Å². The van der Waals surface area contributed by atoms with Crippen molar-refractivity contribution >= 4 is 51.8 Å². The Morgan fingerprint density at radius 2 is 1.89 bits per heavy atom. The van der Waals surface area contributed by atoms with E-state index in [-0.39, 0.29) is 16.1 Å². The Labute approximate surface area is 208 Å². The number of amides is 3. The van der Waals surface area contributed by atoms with E-state index in [1.807, 2.05) is 18.2 Å². The molecule has 0 unspecified atom stereocenters. The lowest BCUT2D eigenvalue weighted by Crippen LogP contribution is -2.49. The molecule has 0 aromatic heterocycles. The molecule has 35 heavy (non-hydrogen) atoms. The average Bonchev–Trinajstić information content (AvgIpc) is 3.02. The van der Waals surface area contributed by atoms with Gasteiger partial charge >= 0.3 is 0 Å². The van der Waals surface area contributed by atoms with Gasteiger partial charge in [-0.3, -0.25) is 19.3 Å². The van der Waals surface area contributed by atoms with Gasteiger partial charge in [0.1, 0.15) is 12.4 Å². The number of halogens is 1. The van der Waals surface area contributed by atoms with Crippen molar-refractivity contribution in [3.8, 4) is 0 Å². The van der Waals surface area contributed by atoms with Crippen molar-refractivity contribution in [2.45, 2.75) is 46.2 Å². The Bertz CT molecular complexity index is 1280. The van der Waals surface area contributed by atoms with Gasteiger partial charge in [-0.1, -0.05) is 24.3 Å². The molecule has 1 saturated heterocycles. The van der Waals surface area contributed by atoms with Crippen LogP contribution >= 0.6 is 11.8 Å². The summed E-state index contributed by atoms with van der Waals surface area (Å²) in [4.78, 5) is 41.2. The van der Waals surface area contributed by atoms with Crippen molar-refractivity contribution < 1.29 is 18.8 Å². The molecule has 2 heterocycles. The SMILES string of the molecule is CC1=CC(C)(C)N(C(C)C)c2ccc(/C=C3\SC(=O)N(CC(=O)Nc4ccccc4F)C3=O)cc21. The lowest BCUT2D eigenvalue weighted by molar-refractivity contribution is -0.127. The Hall–Kier alpha value is -3.39. The number of hydrogen-bond donors (Lipinski definition) is 1. The van der Waals surface area contributed by atoms with Crippen molar-refractivity contribution in [3.05, 3.63) is 70.4 Å². The van der Waals surface area contributed by atoms with Crippen LogP contribution in [0.15, 0.2) is 53.4 Å². The van der Waals surface area contributed by atoms with Gasteiger partial charge in [0, 0.05) is 17.3 Å². The highest BCUT2D eigenvalue weighted by Gasteiger charge is 2.37. The van der Waals surface area contributed by atoms with Gasteiger partial charge in [0.2, 0.25) is 5.91 Å². The number of carbonyl (C=O) groups excluding carboxylic acids is 3. The normalized spacial score (nSPS) is 18.3. The molecule has 0 aliphatic carbocycles. The summed E-state index contributed by atoms with van der Waals surface area (Å²) in [6.07, 6.45) is 3.91. The molecule has 1 fully saturated rings. The van der Waals surface area contributed by atoms with E-state index < -0.39 is 29.4 Å². The van der Waals surface area contributed by atoms with Gasteiger partial charge in [0.25, 0.3) is 11.1 Å². The summed E-state index contributed by atoms with van der Waals surface area (Å²) < 4.78 is 13.8. The first-order valence-corrected chi connectivity index (χ1v) is 12.2. The van der Waals surface area contributed by atoms with Gasteiger partial charge in [-0.05, 0) is 87.9 Å². The number of nitrogens with zero attached hydrogens (tertiary/aromatic N) is 2. The van der Waals surface area contributed by atoms with Crippen LogP contribution in [0.1, 0.15) is 45.7 Å². The summed E-state index contributed by atoms with van der Waals surface area (Å²) in [6.45, 7) is 10.3. The van der Waals surface area contributed by atoms with Gasteiger partial charge in [-0.2, -0.15) is 0 Å². The standard InChI is InChI=1S/C27H28FN3O3S/c1-16(2)31-22-11-10-18(12-19(22)17(3)14-27(31,4)5)13-23-25(33)30(26(34)35-23)15-24(32)29-21-9-7-6-8-20(21)28/h6-14,16H,15H2,1-5H3,(H,29,32)/b23-13-. The first-order chi connectivity index (χ1) is 16.5. The molecule has 0 bridgehead atoms. The van der Waals surface area contributed by atoms with Crippen molar-refractivity contribution in [3.63, 3.8) is 0 Å². The molecule has 2 aliphatic heterocycles. The predicted molar refractivity (Wildman–Crippen MR) is 139 cm³/mol. The predicted octanol–water partition coefficient (Wildman–Crippen LogP) is 5.91. The van der Waals surface area contributed by atoms with Crippen molar-refractivity contribution in [1.29, 1.82) is 0 Å². The second-order valence-electron chi connectivity index (χ2n) is 9.52. The second-order valence-corrected chi connectivity index (χ2v) is 10.5. The third-order valence-electron chi connectivity index (χ3n) is 6.03. The highest BCUT2D eigenvalue weighted by atomic mass is 32.2. The fraction of sp³-hybridized carbons (Fsp3) is 0.296. The number of carbonyl (C=O) groups is 3. The summed E-state index contributed by atoms with van der Waals surface area (Å²) in [5, 5.41) is 1.87. The minimum absolute atomic E-state index is 0.00360. The van der Waals surface area contributed by atoms with Gasteiger partial charge in [-0.25, -0.2) is 4.39 Å². The van der Waals surface area contributed by atoms with Crippen LogP contribution in [0.5, 0.6) is 0 Å². The Kier molecular flexibility index (Phi) is 6.60. The molecule has 4 rings (SSSR count). The maximum atomic E-state index is 13.8. The number of anilines is 2. The van der Waals surface area contributed by atoms with E-state index in [0.717, 1.165) is 39.0 Å². The molecule has 1 N–H and O–H groups in total. The number of fused-ring (bicyclic) bond motifs is 1. The molecule has 0 radical (unpaired) electrons. The fourth-order valence-corrected chi connectivity index (χ4v) is 5.62. The Morgan fingerprint density at radius 1 is 1.17 bits per heavy atom. The van der Waals surface area contributed by atoms with Crippen LogP contribution < -0.4 is 10.2 Å². The van der Waals surface area contributed by atoms with Crippen LogP contribution in [0.3, 0.4) is 0 Å². The molecular formula is C27H28FN3O3S. The fourth-order valence-electron chi connectivity index (χ4n) is 4.78. The molecule has 3 amide bonds. The summed E-state index contributed by atoms with van der Waals surface area (Å²) in [7, 11) is 0. The number of hydrogen-bond acceptors (Lipinski definition) is 5. The maximum Gasteiger partial charge on any atom is 0.294 e. The van der Waals surface area contributed by atoms with Gasteiger partial charge in [-0.15, -0.1) is 0 Å². The van der Waals surface area contributed by atoms with E-state index in [2.05, 4.69) is 50.9 Å². The van der Waals surface area contributed by atoms with E-state index in [1.165, 1.54) is 18.2 Å². The molecule has 0 saturated carbocycles. The highest BCUT2D eigenvalue weighted by molar-refractivity contribution is 8.18. The average molecular weight is 494 g/mol. The topological polar surface area (TPSA) is 69.7 Å². The number of imide groups is 1. The molecule has 8 heteroatoms. The molecule has 0 spiro atoms. The lowest BCUT2D eigenvalue weighted by atomic mass is 9.87. The van der Waals surface area contributed by atoms with E-state index >= 15 is 0 Å². The molecular weight excluding hydrogens is 465 g/mol. The number of thioether (sulfide) groups is 1. The molecule has 0 atom stereocenters. The van der Waals surface area contributed by atoms with Crippen LogP contribution in [0.4, 0.5) is 20.6 Å². The smallest absolute Gasteiger partial charge is 0.294 e. The van der Waals surface area contributed by atoms with Crippen LogP contribution in [-0.2, 0) is 9.59 Å². The van der Waals surface area contributed by atoms with Crippen LogP contribution in [0, 0.1) is 5.82 Å². The van der Waals surface area contributed by atoms with E-state index in [0.29, 0.717) is 6.04 Å². The Morgan fingerprint density at radius 3 is 2.57 bits per heavy atom. The number of benzene rings is 2. The third kappa shape index (κ3) is 4.89. The monoisotopic (exact) mass is 493 g/mol. The summed E-state index contributed by atoms with van der Waals surface area (Å²) >= 11 is 0.791. The zero-order chi connectivity index (χ0) is 25.5. The van der Waals surface area contributed by atoms with E-state index in [4.69, 9.17) is 0 Å². The first kappa shape index (κ1) is 24.7. The Balaban J connectivity index is 1.55. The number of rotatable bonds is 5. The number of nitrogens with one attached hydrogen (secondary N) is 1. The summed E-state index contributed by atoms with van der Waals surface area (Å²) in [5.74, 6) is -1.78. The quantitative estimate of drug-likeness (QED) is 0.525. The van der Waals surface area contributed by atoms with Gasteiger partial charge in [0.05, 0.1) is 16.1 Å². The molecule has 6 nitrogen and oxygen atoms in total. The van der Waals surface area contributed by atoms with Crippen LogP contribution in [0.25, 0.3) is 11.6 Å². The maximum absolute atomic E-state index is 13.8. The molecule has 182 valence electrons. The highest BCUT2D eigenvalue weighted by Crippen LogP contribution is 2.41.